The summed E-state index contributed by atoms with van der Waals surface area (Å²) in [7, 11) is 3.48. The summed E-state index contributed by atoms with van der Waals surface area (Å²) < 4.78 is 34.2. The number of piperazine rings is 1. The Morgan fingerprint density at radius 2 is 1.77 bits per heavy atom. The van der Waals surface area contributed by atoms with E-state index in [2.05, 4.69) is 26.9 Å². The number of anilines is 2. The van der Waals surface area contributed by atoms with Gasteiger partial charge >= 0.3 is 6.61 Å². The number of nitrogens with one attached hydrogen (secondary N) is 1. The summed E-state index contributed by atoms with van der Waals surface area (Å²) in [4.78, 5) is 16.8. The first kappa shape index (κ1) is 21.6. The number of halogens is 2. The summed E-state index contributed by atoms with van der Waals surface area (Å²) in [5, 5.41) is 2.81. The first-order valence-electron chi connectivity index (χ1n) is 9.60. The minimum absolute atomic E-state index is 0.0606. The third-order valence-electron chi connectivity index (χ3n) is 4.83. The number of hydrogen-bond acceptors (Lipinski definition) is 5. The molecular weight excluding hydrogens is 392 g/mol. The molecular formula is C22H25F2N3O3. The van der Waals surface area contributed by atoms with Gasteiger partial charge in [-0.05, 0) is 55.1 Å². The van der Waals surface area contributed by atoms with Gasteiger partial charge < -0.3 is 24.6 Å². The lowest BCUT2D eigenvalue weighted by molar-refractivity contribution is -0.111. The molecule has 0 aromatic heterocycles. The molecule has 1 aliphatic heterocycles. The van der Waals surface area contributed by atoms with E-state index in [-0.39, 0.29) is 17.4 Å². The molecule has 0 bridgehead atoms. The smallest absolute Gasteiger partial charge is 0.387 e. The number of carbonyl (C=O) groups is 1. The molecule has 0 atom stereocenters. The highest BCUT2D eigenvalue weighted by atomic mass is 19.3. The van der Waals surface area contributed by atoms with Gasteiger partial charge in [-0.3, -0.25) is 4.79 Å². The lowest BCUT2D eigenvalue weighted by Gasteiger charge is -2.34. The van der Waals surface area contributed by atoms with Crippen molar-refractivity contribution < 1.29 is 23.0 Å². The van der Waals surface area contributed by atoms with Gasteiger partial charge in [0.1, 0.15) is 0 Å². The number of benzene rings is 2. The van der Waals surface area contributed by atoms with E-state index in [0.717, 1.165) is 31.9 Å². The van der Waals surface area contributed by atoms with E-state index in [4.69, 9.17) is 4.74 Å². The Balaban J connectivity index is 1.58. The van der Waals surface area contributed by atoms with Crippen LogP contribution >= 0.6 is 0 Å². The Labute approximate surface area is 174 Å². The SMILES string of the molecule is COc1cc(/C=C/C(=O)Nc2ccc(N3CCN(C)CC3)cc2)ccc1OC(F)F. The van der Waals surface area contributed by atoms with Crippen LogP contribution in [0, 0.1) is 0 Å². The number of alkyl halides is 2. The number of carbonyl (C=O) groups excluding carboxylic acids is 1. The van der Waals surface area contributed by atoms with Crippen molar-refractivity contribution in [3.63, 3.8) is 0 Å². The van der Waals surface area contributed by atoms with Crippen LogP contribution in [0.5, 0.6) is 11.5 Å². The molecule has 8 heteroatoms. The molecule has 2 aromatic rings. The minimum Gasteiger partial charge on any atom is -0.493 e. The molecule has 1 heterocycles. The normalized spacial score (nSPS) is 14.9. The highest BCUT2D eigenvalue weighted by Crippen LogP contribution is 2.29. The molecule has 0 radical (unpaired) electrons. The summed E-state index contributed by atoms with van der Waals surface area (Å²) in [6.07, 6.45) is 2.94. The van der Waals surface area contributed by atoms with E-state index in [1.807, 2.05) is 24.3 Å². The molecule has 1 fully saturated rings. The minimum atomic E-state index is -2.94. The molecule has 160 valence electrons. The zero-order valence-corrected chi connectivity index (χ0v) is 17.0. The maximum Gasteiger partial charge on any atom is 0.387 e. The Kier molecular flexibility index (Phi) is 7.24. The van der Waals surface area contributed by atoms with Gasteiger partial charge in [0.15, 0.2) is 11.5 Å². The highest BCUT2D eigenvalue weighted by molar-refractivity contribution is 6.02. The number of amides is 1. The fourth-order valence-corrected chi connectivity index (χ4v) is 3.16. The van der Waals surface area contributed by atoms with Gasteiger partial charge in [-0.2, -0.15) is 8.78 Å². The van der Waals surface area contributed by atoms with Gasteiger partial charge in [0.2, 0.25) is 5.91 Å². The van der Waals surface area contributed by atoms with Crippen molar-refractivity contribution in [3.05, 3.63) is 54.1 Å². The van der Waals surface area contributed by atoms with Crippen LogP contribution in [0.4, 0.5) is 20.2 Å². The van der Waals surface area contributed by atoms with E-state index in [1.54, 1.807) is 12.1 Å². The van der Waals surface area contributed by atoms with Crippen LogP contribution in [0.15, 0.2) is 48.5 Å². The average Bonchev–Trinajstić information content (AvgIpc) is 2.74. The van der Waals surface area contributed by atoms with Crippen molar-refractivity contribution in [1.82, 2.24) is 4.90 Å². The topological polar surface area (TPSA) is 54.0 Å². The predicted molar refractivity (Wildman–Crippen MR) is 113 cm³/mol. The quantitative estimate of drug-likeness (QED) is 0.697. The zero-order valence-electron chi connectivity index (χ0n) is 17.0. The van der Waals surface area contributed by atoms with Crippen LogP contribution in [0.3, 0.4) is 0 Å². The molecule has 0 saturated carbocycles. The van der Waals surface area contributed by atoms with Crippen LogP contribution in [0.2, 0.25) is 0 Å². The number of ether oxygens (including phenoxy) is 2. The second-order valence-electron chi connectivity index (χ2n) is 6.95. The predicted octanol–water partition coefficient (Wildman–Crippen LogP) is 3.70. The van der Waals surface area contributed by atoms with E-state index < -0.39 is 6.61 Å². The molecule has 1 aliphatic rings. The summed E-state index contributed by atoms with van der Waals surface area (Å²) >= 11 is 0. The summed E-state index contributed by atoms with van der Waals surface area (Å²) in [5.41, 5.74) is 2.45. The molecule has 1 N–H and O–H groups in total. The molecule has 1 amide bonds. The van der Waals surface area contributed by atoms with Gasteiger partial charge in [0, 0.05) is 43.6 Å². The Hall–Kier alpha value is -3.13. The number of methoxy groups -OCH3 is 1. The van der Waals surface area contributed by atoms with Crippen LogP contribution in [0.1, 0.15) is 5.56 Å². The van der Waals surface area contributed by atoms with E-state index >= 15 is 0 Å². The lowest BCUT2D eigenvalue weighted by atomic mass is 10.2. The first-order chi connectivity index (χ1) is 14.4. The fourth-order valence-electron chi connectivity index (χ4n) is 3.16. The lowest BCUT2D eigenvalue weighted by Crippen LogP contribution is -2.44. The monoisotopic (exact) mass is 417 g/mol. The zero-order chi connectivity index (χ0) is 21.5. The van der Waals surface area contributed by atoms with Gasteiger partial charge in [-0.15, -0.1) is 0 Å². The fraction of sp³-hybridized carbons (Fsp3) is 0.318. The number of nitrogens with zero attached hydrogens (tertiary/aromatic N) is 2. The van der Waals surface area contributed by atoms with Crippen LogP contribution in [-0.4, -0.2) is 57.8 Å². The number of rotatable bonds is 7. The van der Waals surface area contributed by atoms with Gasteiger partial charge in [0.05, 0.1) is 7.11 Å². The standard InChI is InChI=1S/C22H25F2N3O3/c1-26-11-13-27(14-12-26)18-7-5-17(6-8-18)25-21(28)10-4-16-3-9-19(30-22(23)24)20(15-16)29-2/h3-10,15,22H,11-14H2,1-2H3,(H,25,28)/b10-4+. The van der Waals surface area contributed by atoms with Crippen LogP contribution in [-0.2, 0) is 4.79 Å². The molecule has 0 aliphatic carbocycles. The average molecular weight is 417 g/mol. The van der Waals surface area contributed by atoms with Crippen LogP contribution in [0.25, 0.3) is 6.08 Å². The second-order valence-corrected chi connectivity index (χ2v) is 6.95. The van der Waals surface area contributed by atoms with Gasteiger partial charge in [-0.25, -0.2) is 0 Å². The van der Waals surface area contributed by atoms with Crippen molar-refractivity contribution in [2.24, 2.45) is 0 Å². The van der Waals surface area contributed by atoms with E-state index in [9.17, 15) is 13.6 Å². The third-order valence-corrected chi connectivity index (χ3v) is 4.83. The maximum absolute atomic E-state index is 12.4. The molecule has 0 spiro atoms. The molecule has 2 aromatic carbocycles. The van der Waals surface area contributed by atoms with E-state index in [0.29, 0.717) is 11.3 Å². The van der Waals surface area contributed by atoms with Crippen molar-refractivity contribution in [1.29, 1.82) is 0 Å². The Morgan fingerprint density at radius 1 is 1.07 bits per heavy atom. The molecule has 3 rings (SSSR count). The largest absolute Gasteiger partial charge is 0.493 e. The Bertz CT molecular complexity index is 880. The Morgan fingerprint density at radius 3 is 2.40 bits per heavy atom. The highest BCUT2D eigenvalue weighted by Gasteiger charge is 2.14. The third kappa shape index (κ3) is 5.93. The van der Waals surface area contributed by atoms with Crippen molar-refractivity contribution >= 4 is 23.4 Å². The second kappa shape index (κ2) is 10.1. The summed E-state index contributed by atoms with van der Waals surface area (Å²) in [6, 6.07) is 12.2. The maximum atomic E-state index is 12.4. The molecule has 1 saturated heterocycles. The van der Waals surface area contributed by atoms with Crippen molar-refractivity contribution in [2.75, 3.05) is 50.6 Å². The summed E-state index contributed by atoms with van der Waals surface area (Å²) in [6.45, 7) is 1.09. The molecule has 0 unspecified atom stereocenters. The van der Waals surface area contributed by atoms with Crippen molar-refractivity contribution in [3.8, 4) is 11.5 Å². The summed E-state index contributed by atoms with van der Waals surface area (Å²) in [5.74, 6) is -0.193. The first-order valence-corrected chi connectivity index (χ1v) is 9.60. The van der Waals surface area contributed by atoms with Crippen LogP contribution < -0.4 is 19.7 Å². The van der Waals surface area contributed by atoms with E-state index in [1.165, 1.54) is 25.3 Å². The van der Waals surface area contributed by atoms with Crippen molar-refractivity contribution in [2.45, 2.75) is 6.61 Å². The van der Waals surface area contributed by atoms with Gasteiger partial charge in [0.25, 0.3) is 0 Å². The van der Waals surface area contributed by atoms with Gasteiger partial charge in [-0.1, -0.05) is 6.07 Å². The number of hydrogen-bond donors (Lipinski definition) is 1. The number of likely N-dealkylation sites (N-methyl/N-ethyl adjacent to an activating group) is 1. The molecule has 6 nitrogen and oxygen atoms in total. The molecule has 30 heavy (non-hydrogen) atoms.